The van der Waals surface area contributed by atoms with E-state index in [2.05, 4.69) is 25.6 Å². The van der Waals surface area contributed by atoms with Gasteiger partial charge in [0, 0.05) is 0 Å². The van der Waals surface area contributed by atoms with E-state index < -0.39 is 53.2 Å². The number of nitrogens with zero attached hydrogens (tertiary/aromatic N) is 2. The predicted octanol–water partition coefficient (Wildman–Crippen LogP) is 2.76. The molecule has 0 saturated carbocycles. The Morgan fingerprint density at radius 3 is 1.54 bits per heavy atom. The van der Waals surface area contributed by atoms with Gasteiger partial charge in [-0.1, -0.05) is 40.2 Å². The molecule has 0 amide bonds. The number of benzene rings is 2. The molecule has 0 bridgehead atoms. The minimum Gasteiger partial charge on any atom is -0.507 e. The van der Waals surface area contributed by atoms with Crippen LogP contribution in [-0.2, 0) is 43.0 Å². The van der Waals surface area contributed by atoms with Crippen LogP contribution in [0.2, 0.25) is 0 Å². The number of phenolic OH excluding ortho intramolecular Hbond substituents is 1. The van der Waals surface area contributed by atoms with Crippen LogP contribution in [0.1, 0.15) is 46.4 Å². The Labute approximate surface area is 280 Å². The molecular weight excluding hydrogens is 716 g/mol. The van der Waals surface area contributed by atoms with E-state index in [1.807, 2.05) is 0 Å². The summed E-state index contributed by atoms with van der Waals surface area (Å²) in [4.78, 5) is 85.7. The number of hydrogen-bond donors (Lipinski definition) is 1. The van der Waals surface area contributed by atoms with Crippen molar-refractivity contribution in [1.82, 2.24) is 0 Å². The molecule has 0 aromatic heterocycles. The normalized spacial score (nSPS) is 9.85. The third kappa shape index (κ3) is 18.4. The molecular formula is C28H31BrN2O17. The van der Waals surface area contributed by atoms with Crippen LogP contribution < -0.4 is 4.74 Å². The number of hydrogen-bond acceptors (Lipinski definition) is 17. The highest BCUT2D eigenvalue weighted by Crippen LogP contribution is 2.19. The summed E-state index contributed by atoms with van der Waals surface area (Å²) in [6, 6.07) is 11.7. The summed E-state index contributed by atoms with van der Waals surface area (Å²) in [7, 11) is 0. The SMILES string of the molecule is O=C(COC(=O)c1ccccc1O)OCCCCO[N+](=O)[O-].O=C(COC(=O)c1ccccc1OC(=O)CBr)OCCCCO[N+](=O)[O-]. The molecule has 2 rings (SSSR count). The minimum absolute atomic E-state index is 0.00784. The summed E-state index contributed by atoms with van der Waals surface area (Å²) < 4.78 is 24.1. The quantitative estimate of drug-likeness (QED) is 0.0388. The first-order valence-corrected chi connectivity index (χ1v) is 14.9. The van der Waals surface area contributed by atoms with Crippen molar-refractivity contribution in [3.8, 4) is 11.5 Å². The first kappa shape index (κ1) is 40.5. The predicted molar refractivity (Wildman–Crippen MR) is 161 cm³/mol. The van der Waals surface area contributed by atoms with E-state index in [1.54, 1.807) is 24.3 Å². The Kier molecular flexibility index (Phi) is 20.0. The number of para-hydroxylation sites is 2. The fourth-order valence-electron chi connectivity index (χ4n) is 3.07. The van der Waals surface area contributed by atoms with Crippen molar-refractivity contribution in [2.45, 2.75) is 25.7 Å². The fraction of sp³-hybridized carbons (Fsp3) is 0.393. The van der Waals surface area contributed by atoms with Crippen LogP contribution in [0, 0.1) is 20.2 Å². The highest BCUT2D eigenvalue weighted by molar-refractivity contribution is 9.09. The first-order valence-electron chi connectivity index (χ1n) is 13.8. The van der Waals surface area contributed by atoms with Crippen molar-refractivity contribution >= 4 is 45.8 Å². The molecule has 0 aliphatic heterocycles. The van der Waals surface area contributed by atoms with Crippen molar-refractivity contribution in [1.29, 1.82) is 0 Å². The zero-order valence-corrected chi connectivity index (χ0v) is 26.7. The number of alkyl halides is 1. The molecule has 0 saturated heterocycles. The molecule has 1 N–H and O–H groups in total. The number of carbonyl (C=O) groups is 5. The molecule has 0 atom stereocenters. The van der Waals surface area contributed by atoms with E-state index in [0.717, 1.165) is 0 Å². The van der Waals surface area contributed by atoms with Crippen molar-refractivity contribution in [3.05, 3.63) is 79.9 Å². The van der Waals surface area contributed by atoms with E-state index in [-0.39, 0.29) is 54.4 Å². The summed E-state index contributed by atoms with van der Waals surface area (Å²) in [5.41, 5.74) is -0.0567. The maximum absolute atomic E-state index is 12.0. The molecule has 0 aliphatic carbocycles. The smallest absolute Gasteiger partial charge is 0.344 e. The van der Waals surface area contributed by atoms with Gasteiger partial charge in [0.15, 0.2) is 13.2 Å². The zero-order valence-electron chi connectivity index (χ0n) is 25.1. The molecule has 0 heterocycles. The van der Waals surface area contributed by atoms with Crippen molar-refractivity contribution in [2.24, 2.45) is 0 Å². The second-order valence-electron chi connectivity index (χ2n) is 8.74. The maximum atomic E-state index is 12.0. The standard InChI is InChI=1S/C15H16BrNO9.C13H15NO8/c16-9-13(18)26-12-6-2-1-5-11(12)15(20)24-10-14(19)23-7-3-4-8-25-17(21)22;15-11-6-2-1-5-10(11)13(17)21-9-12(16)20-7-3-4-8-22-14(18)19/h1-2,5-6H,3-4,7-10H2;1-2,5-6,15H,3-4,7-9H2. The second kappa shape index (κ2) is 23.8. The van der Waals surface area contributed by atoms with Gasteiger partial charge in [0.05, 0.1) is 26.4 Å². The monoisotopic (exact) mass is 746 g/mol. The Morgan fingerprint density at radius 1 is 0.625 bits per heavy atom. The lowest BCUT2D eigenvalue weighted by atomic mass is 10.2. The third-order valence-electron chi connectivity index (χ3n) is 5.20. The Hall–Kier alpha value is -5.53. The second-order valence-corrected chi connectivity index (χ2v) is 9.30. The third-order valence-corrected chi connectivity index (χ3v) is 5.66. The van der Waals surface area contributed by atoms with Crippen molar-refractivity contribution in [2.75, 3.05) is 45.0 Å². The molecule has 20 heteroatoms. The van der Waals surface area contributed by atoms with Crippen LogP contribution in [0.25, 0.3) is 0 Å². The molecule has 2 aromatic carbocycles. The molecule has 2 aromatic rings. The van der Waals surface area contributed by atoms with Gasteiger partial charge in [0.25, 0.3) is 10.2 Å². The Balaban J connectivity index is 0.000000487. The first-order chi connectivity index (χ1) is 22.9. The van der Waals surface area contributed by atoms with Crippen LogP contribution >= 0.6 is 15.9 Å². The Bertz CT molecular complexity index is 1390. The maximum Gasteiger partial charge on any atom is 0.344 e. The molecule has 0 radical (unpaired) electrons. The molecule has 0 unspecified atom stereocenters. The van der Waals surface area contributed by atoms with E-state index in [4.69, 9.17) is 23.7 Å². The summed E-state index contributed by atoms with van der Waals surface area (Å²) in [6.45, 7) is -1.33. The molecule has 0 fully saturated rings. The van der Waals surface area contributed by atoms with Gasteiger partial charge >= 0.3 is 29.8 Å². The average Bonchev–Trinajstić information content (AvgIpc) is 3.06. The van der Waals surface area contributed by atoms with Crippen LogP contribution in [0.3, 0.4) is 0 Å². The minimum atomic E-state index is -0.904. The summed E-state index contributed by atoms with van der Waals surface area (Å²) in [5.74, 6) is -4.03. The summed E-state index contributed by atoms with van der Waals surface area (Å²) in [6.07, 6.45) is 1.43. The van der Waals surface area contributed by atoms with Gasteiger partial charge in [-0.25, -0.2) is 19.2 Å². The van der Waals surface area contributed by atoms with Gasteiger partial charge in [-0.05, 0) is 49.9 Å². The number of esters is 5. The van der Waals surface area contributed by atoms with E-state index in [1.165, 1.54) is 24.3 Å². The van der Waals surface area contributed by atoms with E-state index in [0.29, 0.717) is 25.7 Å². The number of ether oxygens (including phenoxy) is 5. The number of aromatic hydroxyl groups is 1. The van der Waals surface area contributed by atoms with Gasteiger partial charge in [-0.15, -0.1) is 20.2 Å². The topological polar surface area (TPSA) is 256 Å². The Morgan fingerprint density at radius 2 is 1.06 bits per heavy atom. The molecule has 19 nitrogen and oxygen atoms in total. The van der Waals surface area contributed by atoms with Crippen LogP contribution in [0.4, 0.5) is 0 Å². The lowest BCUT2D eigenvalue weighted by molar-refractivity contribution is -0.757. The number of phenols is 1. The van der Waals surface area contributed by atoms with Gasteiger partial charge in [-0.2, -0.15) is 0 Å². The number of unbranched alkanes of at least 4 members (excludes halogenated alkanes) is 2. The van der Waals surface area contributed by atoms with Crippen molar-refractivity contribution in [3.63, 3.8) is 0 Å². The number of rotatable bonds is 20. The highest BCUT2D eigenvalue weighted by Gasteiger charge is 2.18. The summed E-state index contributed by atoms with van der Waals surface area (Å²) in [5, 5.41) is 27.4. The van der Waals surface area contributed by atoms with E-state index >= 15 is 0 Å². The number of halogens is 1. The summed E-state index contributed by atoms with van der Waals surface area (Å²) >= 11 is 2.94. The molecule has 48 heavy (non-hydrogen) atoms. The van der Waals surface area contributed by atoms with Gasteiger partial charge in [0.2, 0.25) is 0 Å². The van der Waals surface area contributed by atoms with E-state index in [9.17, 15) is 49.3 Å². The van der Waals surface area contributed by atoms with Crippen LogP contribution in [0.15, 0.2) is 48.5 Å². The van der Waals surface area contributed by atoms with Crippen molar-refractivity contribution < 1.29 is 72.6 Å². The zero-order chi connectivity index (χ0) is 35.7. The average molecular weight is 747 g/mol. The number of carbonyl (C=O) groups excluding carboxylic acids is 5. The van der Waals surface area contributed by atoms with Gasteiger partial charge in [0.1, 0.15) is 28.0 Å². The van der Waals surface area contributed by atoms with Crippen LogP contribution in [-0.4, -0.2) is 90.1 Å². The lowest BCUT2D eigenvalue weighted by Crippen LogP contribution is -2.18. The van der Waals surface area contributed by atoms with Crippen LogP contribution in [0.5, 0.6) is 11.5 Å². The lowest BCUT2D eigenvalue weighted by Gasteiger charge is -2.09. The van der Waals surface area contributed by atoms with Gasteiger partial charge < -0.3 is 38.5 Å². The highest BCUT2D eigenvalue weighted by atomic mass is 79.9. The molecule has 0 aliphatic rings. The largest absolute Gasteiger partial charge is 0.507 e. The molecule has 0 spiro atoms. The fourth-order valence-corrected chi connectivity index (χ4v) is 3.18. The molecule has 262 valence electrons. The van der Waals surface area contributed by atoms with Gasteiger partial charge in [-0.3, -0.25) is 4.79 Å².